The van der Waals surface area contributed by atoms with E-state index in [2.05, 4.69) is 10.3 Å². The summed E-state index contributed by atoms with van der Waals surface area (Å²) in [7, 11) is 0. The fraction of sp³-hybridized carbons (Fsp3) is 0.429. The molecule has 1 heterocycles. The van der Waals surface area contributed by atoms with Crippen LogP contribution in [0.3, 0.4) is 0 Å². The molecule has 0 radical (unpaired) electrons. The summed E-state index contributed by atoms with van der Waals surface area (Å²) >= 11 is 0. The predicted octanol–water partition coefficient (Wildman–Crippen LogP) is 3.31. The second-order valence-electron chi connectivity index (χ2n) is 7.03. The first-order chi connectivity index (χ1) is 13.6. The molecule has 3 rings (SSSR count). The minimum atomic E-state index is -0.702. The van der Waals surface area contributed by atoms with Crippen LogP contribution in [0.2, 0.25) is 0 Å². The number of nitrogens with zero attached hydrogens (tertiary/aromatic N) is 1. The Morgan fingerprint density at radius 2 is 1.93 bits per heavy atom. The second-order valence-corrected chi connectivity index (χ2v) is 7.03. The number of hydrogen-bond acceptors (Lipinski definition) is 6. The van der Waals surface area contributed by atoms with Gasteiger partial charge in [-0.1, -0.05) is 30.3 Å². The van der Waals surface area contributed by atoms with Crippen LogP contribution < -0.4 is 15.8 Å². The summed E-state index contributed by atoms with van der Waals surface area (Å²) in [6, 6.07) is 12.0. The third-order valence-electron chi connectivity index (χ3n) is 4.93. The Morgan fingerprint density at radius 1 is 1.18 bits per heavy atom. The monoisotopic (exact) mass is 385 g/mol. The van der Waals surface area contributed by atoms with Crippen molar-refractivity contribution in [2.45, 2.75) is 38.3 Å². The molecule has 0 aliphatic heterocycles. The van der Waals surface area contributed by atoms with Gasteiger partial charge in [-0.15, -0.1) is 0 Å². The number of ether oxygens (including phenoxy) is 2. The summed E-state index contributed by atoms with van der Waals surface area (Å²) in [5.74, 6) is -0.450. The lowest BCUT2D eigenvalue weighted by Crippen LogP contribution is -2.29. The van der Waals surface area contributed by atoms with E-state index in [1.165, 1.54) is 0 Å². The number of carboxylic acid groups (broad SMARTS) is 1. The van der Waals surface area contributed by atoms with Crippen LogP contribution in [0.5, 0.6) is 5.88 Å². The lowest BCUT2D eigenvalue weighted by molar-refractivity contribution is -0.142. The van der Waals surface area contributed by atoms with Crippen molar-refractivity contribution < 1.29 is 19.4 Å². The molecule has 1 fully saturated rings. The van der Waals surface area contributed by atoms with Gasteiger partial charge >= 0.3 is 5.97 Å². The Bertz CT molecular complexity index is 762. The number of carboxylic acids is 1. The van der Waals surface area contributed by atoms with Crippen LogP contribution in [0.1, 0.15) is 31.2 Å². The highest BCUT2D eigenvalue weighted by Crippen LogP contribution is 2.29. The minimum absolute atomic E-state index is 0.211. The van der Waals surface area contributed by atoms with Crippen molar-refractivity contribution in [1.29, 1.82) is 0 Å². The lowest BCUT2D eigenvalue weighted by Gasteiger charge is -2.28. The summed E-state index contributed by atoms with van der Waals surface area (Å²) in [6.45, 7) is 1.40. The highest BCUT2D eigenvalue weighted by molar-refractivity contribution is 5.70. The van der Waals surface area contributed by atoms with Crippen molar-refractivity contribution in [3.63, 3.8) is 0 Å². The van der Waals surface area contributed by atoms with Gasteiger partial charge in [0, 0.05) is 12.1 Å². The van der Waals surface area contributed by atoms with E-state index in [1.807, 2.05) is 30.3 Å². The quantitative estimate of drug-likeness (QED) is 0.569. The van der Waals surface area contributed by atoms with Gasteiger partial charge in [0.15, 0.2) is 0 Å². The molecule has 1 saturated carbocycles. The van der Waals surface area contributed by atoms with E-state index < -0.39 is 5.97 Å². The van der Waals surface area contributed by atoms with Crippen LogP contribution in [0, 0.1) is 5.92 Å². The van der Waals surface area contributed by atoms with Crippen molar-refractivity contribution >= 4 is 17.3 Å². The maximum Gasteiger partial charge on any atom is 0.306 e. The largest absolute Gasteiger partial charge is 0.481 e. The number of anilines is 2. The van der Waals surface area contributed by atoms with E-state index in [9.17, 15) is 4.79 Å². The molecular weight excluding hydrogens is 358 g/mol. The van der Waals surface area contributed by atoms with Crippen molar-refractivity contribution in [3.8, 4) is 5.88 Å². The molecule has 7 heteroatoms. The summed E-state index contributed by atoms with van der Waals surface area (Å²) in [4.78, 5) is 15.3. The number of carbonyl (C=O) groups is 1. The molecule has 0 atom stereocenters. The molecular formula is C21H27N3O4. The number of aromatic nitrogens is 1. The van der Waals surface area contributed by atoms with Gasteiger partial charge in [0.1, 0.15) is 6.61 Å². The molecule has 4 N–H and O–H groups in total. The first-order valence-corrected chi connectivity index (χ1v) is 9.61. The number of aliphatic carboxylic acids is 1. The average Bonchev–Trinajstić information content (AvgIpc) is 2.71. The number of nitrogens with one attached hydrogen (secondary N) is 1. The molecule has 28 heavy (non-hydrogen) atoms. The molecule has 0 spiro atoms. The van der Waals surface area contributed by atoms with E-state index in [4.69, 9.17) is 20.3 Å². The molecule has 1 aromatic carbocycles. The highest BCUT2D eigenvalue weighted by atomic mass is 16.5. The molecule has 1 aromatic heterocycles. The highest BCUT2D eigenvalue weighted by Gasteiger charge is 2.26. The van der Waals surface area contributed by atoms with Crippen molar-refractivity contribution in [2.75, 3.05) is 24.3 Å². The molecule has 7 nitrogen and oxygen atoms in total. The van der Waals surface area contributed by atoms with Crippen LogP contribution >= 0.6 is 0 Å². The number of nitrogens with two attached hydrogens (primary N) is 1. The van der Waals surface area contributed by atoms with Gasteiger partial charge in [-0.3, -0.25) is 4.79 Å². The standard InChI is InChI=1S/C21H27N3O4/c22-18-13-23-20(28-11-10-27-14-15-4-2-1-3-5-15)12-19(18)24-17-8-6-16(7-9-17)21(25)26/h1-5,12-13,16-17H,6-11,14,22H2,(H,23,24)(H,25,26). The van der Waals surface area contributed by atoms with Crippen molar-refractivity contribution in [3.05, 3.63) is 48.2 Å². The Labute approximate surface area is 164 Å². The second kappa shape index (κ2) is 9.94. The summed E-state index contributed by atoms with van der Waals surface area (Å²) in [5.41, 5.74) is 8.47. The Balaban J connectivity index is 1.43. The van der Waals surface area contributed by atoms with E-state index in [-0.39, 0.29) is 12.0 Å². The van der Waals surface area contributed by atoms with Gasteiger partial charge in [0.25, 0.3) is 0 Å². The smallest absolute Gasteiger partial charge is 0.306 e. The molecule has 0 unspecified atom stereocenters. The van der Waals surface area contributed by atoms with Gasteiger partial charge in [-0.05, 0) is 31.2 Å². The Kier molecular flexibility index (Phi) is 7.08. The number of hydrogen-bond donors (Lipinski definition) is 3. The number of pyridine rings is 1. The number of nitrogen functional groups attached to an aromatic ring is 1. The summed E-state index contributed by atoms with van der Waals surface area (Å²) < 4.78 is 11.3. The number of rotatable bonds is 9. The normalized spacial score (nSPS) is 19.1. The van der Waals surface area contributed by atoms with Crippen molar-refractivity contribution in [2.24, 2.45) is 5.92 Å². The average molecular weight is 385 g/mol. The summed E-state index contributed by atoms with van der Waals surface area (Å²) in [5, 5.41) is 12.5. The lowest BCUT2D eigenvalue weighted by atomic mass is 9.86. The maximum absolute atomic E-state index is 11.1. The molecule has 1 aliphatic rings. The van der Waals surface area contributed by atoms with Crippen LogP contribution in [0.4, 0.5) is 11.4 Å². The van der Waals surface area contributed by atoms with Gasteiger partial charge in [-0.25, -0.2) is 4.98 Å². The van der Waals surface area contributed by atoms with Crippen LogP contribution in [-0.2, 0) is 16.1 Å². The summed E-state index contributed by atoms with van der Waals surface area (Å²) in [6.07, 6.45) is 4.55. The van der Waals surface area contributed by atoms with Crippen LogP contribution in [0.15, 0.2) is 42.6 Å². The van der Waals surface area contributed by atoms with E-state index in [0.717, 1.165) is 24.1 Å². The van der Waals surface area contributed by atoms with Crippen molar-refractivity contribution in [1.82, 2.24) is 4.98 Å². The van der Waals surface area contributed by atoms with E-state index >= 15 is 0 Å². The van der Waals surface area contributed by atoms with Gasteiger partial charge in [-0.2, -0.15) is 0 Å². The molecule has 1 aliphatic carbocycles. The first kappa shape index (κ1) is 19.9. The zero-order valence-corrected chi connectivity index (χ0v) is 15.8. The zero-order valence-electron chi connectivity index (χ0n) is 15.8. The third-order valence-corrected chi connectivity index (χ3v) is 4.93. The molecule has 0 amide bonds. The fourth-order valence-electron chi connectivity index (χ4n) is 3.32. The van der Waals surface area contributed by atoms with E-state index in [1.54, 1.807) is 12.3 Å². The zero-order chi connectivity index (χ0) is 19.8. The van der Waals surface area contributed by atoms with Crippen LogP contribution in [-0.4, -0.2) is 35.3 Å². The molecule has 150 valence electrons. The number of benzene rings is 1. The SMILES string of the molecule is Nc1cnc(OCCOCc2ccccc2)cc1NC1CCC(C(=O)O)CC1. The topological polar surface area (TPSA) is 107 Å². The minimum Gasteiger partial charge on any atom is -0.481 e. The molecule has 0 bridgehead atoms. The van der Waals surface area contributed by atoms with Gasteiger partial charge in [0.05, 0.1) is 36.7 Å². The fourth-order valence-corrected chi connectivity index (χ4v) is 3.32. The Morgan fingerprint density at radius 3 is 2.64 bits per heavy atom. The Hall–Kier alpha value is -2.80. The van der Waals surface area contributed by atoms with Gasteiger partial charge < -0.3 is 25.6 Å². The molecule has 2 aromatic rings. The third kappa shape index (κ3) is 5.85. The van der Waals surface area contributed by atoms with E-state index in [0.29, 0.717) is 44.2 Å². The predicted molar refractivity (Wildman–Crippen MR) is 107 cm³/mol. The maximum atomic E-state index is 11.1. The van der Waals surface area contributed by atoms with Gasteiger partial charge in [0.2, 0.25) is 5.88 Å². The molecule has 0 saturated heterocycles. The van der Waals surface area contributed by atoms with Crippen LogP contribution in [0.25, 0.3) is 0 Å². The first-order valence-electron chi connectivity index (χ1n) is 9.61.